The second kappa shape index (κ2) is 5.98. The van der Waals surface area contributed by atoms with Crippen LogP contribution >= 0.6 is 31.9 Å². The maximum Gasteiger partial charge on any atom is 0.250 e. The van der Waals surface area contributed by atoms with E-state index < -0.39 is 0 Å². The van der Waals surface area contributed by atoms with E-state index in [4.69, 9.17) is 4.74 Å². The summed E-state index contributed by atoms with van der Waals surface area (Å²) >= 11 is 6.88. The average molecular weight is 413 g/mol. The standard InChI is InChI=1S/C13H11Br2N5O/c1-2-16-13-19-11-10(17-6-18-11)12(20-13)21-9-4-3-7(14)5-8(9)15/h3-6H,2H2,1H3,(H2,16,17,18,19,20). The van der Waals surface area contributed by atoms with Crippen molar-refractivity contribution in [1.82, 2.24) is 19.9 Å². The van der Waals surface area contributed by atoms with Gasteiger partial charge in [0, 0.05) is 11.0 Å². The van der Waals surface area contributed by atoms with E-state index in [0.29, 0.717) is 28.7 Å². The highest BCUT2D eigenvalue weighted by molar-refractivity contribution is 9.11. The first kappa shape index (κ1) is 14.3. The number of nitrogens with zero attached hydrogens (tertiary/aromatic N) is 3. The Balaban J connectivity index is 2.04. The number of nitrogens with one attached hydrogen (secondary N) is 2. The molecule has 0 aliphatic carbocycles. The Kier molecular flexibility index (Phi) is 4.07. The lowest BCUT2D eigenvalue weighted by Gasteiger charge is -2.09. The van der Waals surface area contributed by atoms with Crippen LogP contribution in [0.2, 0.25) is 0 Å². The maximum absolute atomic E-state index is 5.89. The van der Waals surface area contributed by atoms with Gasteiger partial charge in [-0.15, -0.1) is 0 Å². The van der Waals surface area contributed by atoms with Crippen molar-refractivity contribution >= 4 is 49.0 Å². The van der Waals surface area contributed by atoms with Crippen LogP contribution in [-0.2, 0) is 0 Å². The van der Waals surface area contributed by atoms with Crippen molar-refractivity contribution in [2.75, 3.05) is 11.9 Å². The highest BCUT2D eigenvalue weighted by Crippen LogP contribution is 2.33. The summed E-state index contributed by atoms with van der Waals surface area (Å²) in [7, 11) is 0. The van der Waals surface area contributed by atoms with E-state index in [1.807, 2.05) is 25.1 Å². The van der Waals surface area contributed by atoms with E-state index in [1.54, 1.807) is 6.33 Å². The van der Waals surface area contributed by atoms with Crippen molar-refractivity contribution in [2.24, 2.45) is 0 Å². The first-order chi connectivity index (χ1) is 10.2. The van der Waals surface area contributed by atoms with Gasteiger partial charge in [-0.3, -0.25) is 0 Å². The van der Waals surface area contributed by atoms with Crippen LogP contribution in [0.4, 0.5) is 5.95 Å². The van der Waals surface area contributed by atoms with Gasteiger partial charge in [-0.25, -0.2) is 4.98 Å². The maximum atomic E-state index is 5.89. The SMILES string of the molecule is CCNc1nc(Oc2ccc(Br)cc2Br)c2[nH]cnc2n1. The third kappa shape index (κ3) is 3.01. The van der Waals surface area contributed by atoms with Crippen LogP contribution in [0.5, 0.6) is 11.6 Å². The minimum absolute atomic E-state index is 0.427. The molecule has 0 fully saturated rings. The Hall–Kier alpha value is -1.67. The molecule has 0 atom stereocenters. The van der Waals surface area contributed by atoms with Gasteiger partial charge < -0.3 is 15.0 Å². The summed E-state index contributed by atoms with van der Waals surface area (Å²) < 4.78 is 7.68. The second-order valence-electron chi connectivity index (χ2n) is 4.16. The second-order valence-corrected chi connectivity index (χ2v) is 5.93. The normalized spacial score (nSPS) is 10.8. The molecule has 0 radical (unpaired) electrons. The number of aromatic amines is 1. The lowest BCUT2D eigenvalue weighted by atomic mass is 10.3. The molecule has 0 saturated heterocycles. The van der Waals surface area contributed by atoms with Crippen LogP contribution in [-0.4, -0.2) is 26.5 Å². The van der Waals surface area contributed by atoms with Gasteiger partial charge in [0.2, 0.25) is 5.95 Å². The minimum atomic E-state index is 0.427. The van der Waals surface area contributed by atoms with Crippen LogP contribution in [0.15, 0.2) is 33.5 Å². The minimum Gasteiger partial charge on any atom is -0.436 e. The van der Waals surface area contributed by atoms with Crippen LogP contribution in [0.25, 0.3) is 11.2 Å². The molecule has 2 aromatic heterocycles. The fourth-order valence-corrected chi connectivity index (χ4v) is 2.91. The van der Waals surface area contributed by atoms with Gasteiger partial charge in [0.05, 0.1) is 10.8 Å². The molecule has 8 heteroatoms. The molecule has 1 aromatic carbocycles. The van der Waals surface area contributed by atoms with E-state index in [-0.39, 0.29) is 0 Å². The van der Waals surface area contributed by atoms with Gasteiger partial charge in [0.1, 0.15) is 11.3 Å². The summed E-state index contributed by atoms with van der Waals surface area (Å²) in [5, 5.41) is 3.06. The Bertz CT molecular complexity index is 789. The molecule has 0 aliphatic heterocycles. The fraction of sp³-hybridized carbons (Fsp3) is 0.154. The molecule has 0 saturated carbocycles. The molecule has 3 aromatic rings. The molecule has 3 rings (SSSR count). The number of aromatic nitrogens is 4. The van der Waals surface area contributed by atoms with Crippen LogP contribution in [0.1, 0.15) is 6.92 Å². The number of halogens is 2. The third-order valence-corrected chi connectivity index (χ3v) is 3.80. The summed E-state index contributed by atoms with van der Waals surface area (Å²) in [6.07, 6.45) is 1.57. The Morgan fingerprint density at radius 2 is 2.14 bits per heavy atom. The largest absolute Gasteiger partial charge is 0.436 e. The zero-order chi connectivity index (χ0) is 14.8. The number of imidazole rings is 1. The average Bonchev–Trinajstić information content (AvgIpc) is 2.91. The summed E-state index contributed by atoms with van der Waals surface area (Å²) in [4.78, 5) is 15.8. The number of hydrogen-bond donors (Lipinski definition) is 2. The zero-order valence-corrected chi connectivity index (χ0v) is 14.2. The summed E-state index contributed by atoms with van der Waals surface area (Å²) in [5.74, 6) is 1.58. The molecule has 6 nitrogen and oxygen atoms in total. The predicted octanol–water partition coefficient (Wildman–Crippen LogP) is 4.10. The monoisotopic (exact) mass is 411 g/mol. The highest BCUT2D eigenvalue weighted by atomic mass is 79.9. The van der Waals surface area contributed by atoms with Crippen LogP contribution < -0.4 is 10.1 Å². The van der Waals surface area contributed by atoms with Gasteiger partial charge >= 0.3 is 0 Å². The van der Waals surface area contributed by atoms with Crippen LogP contribution in [0.3, 0.4) is 0 Å². The fourth-order valence-electron chi connectivity index (χ4n) is 1.78. The van der Waals surface area contributed by atoms with E-state index in [1.165, 1.54) is 0 Å². The number of H-pyrrole nitrogens is 1. The van der Waals surface area contributed by atoms with Crippen molar-refractivity contribution in [3.05, 3.63) is 33.5 Å². The lowest BCUT2D eigenvalue weighted by molar-refractivity contribution is 0.465. The summed E-state index contributed by atoms with van der Waals surface area (Å²) in [6, 6.07) is 5.66. The van der Waals surface area contributed by atoms with Gasteiger partial charge in [0.15, 0.2) is 5.65 Å². The van der Waals surface area contributed by atoms with Crippen molar-refractivity contribution in [1.29, 1.82) is 0 Å². The quantitative estimate of drug-likeness (QED) is 0.674. The number of ether oxygens (including phenoxy) is 1. The topological polar surface area (TPSA) is 75.7 Å². The van der Waals surface area contributed by atoms with Crippen molar-refractivity contribution < 1.29 is 4.74 Å². The summed E-state index contributed by atoms with van der Waals surface area (Å²) in [5.41, 5.74) is 1.22. The number of benzene rings is 1. The van der Waals surface area contributed by atoms with Crippen molar-refractivity contribution in [3.63, 3.8) is 0 Å². The Morgan fingerprint density at radius 1 is 1.29 bits per heavy atom. The summed E-state index contributed by atoms with van der Waals surface area (Å²) in [6.45, 7) is 2.70. The number of fused-ring (bicyclic) bond motifs is 1. The van der Waals surface area contributed by atoms with E-state index in [0.717, 1.165) is 15.5 Å². The van der Waals surface area contributed by atoms with E-state index >= 15 is 0 Å². The van der Waals surface area contributed by atoms with Gasteiger partial charge in [-0.2, -0.15) is 9.97 Å². The molecule has 2 heterocycles. The molecule has 0 aliphatic rings. The molecule has 108 valence electrons. The molecule has 0 unspecified atom stereocenters. The lowest BCUT2D eigenvalue weighted by Crippen LogP contribution is -2.03. The molecule has 21 heavy (non-hydrogen) atoms. The Labute approximate surface area is 137 Å². The molecular formula is C13H11Br2N5O. The highest BCUT2D eigenvalue weighted by Gasteiger charge is 2.13. The van der Waals surface area contributed by atoms with Crippen molar-refractivity contribution in [2.45, 2.75) is 6.92 Å². The molecule has 0 spiro atoms. The van der Waals surface area contributed by atoms with E-state index in [9.17, 15) is 0 Å². The number of hydrogen-bond acceptors (Lipinski definition) is 5. The molecule has 0 bridgehead atoms. The first-order valence-electron chi connectivity index (χ1n) is 6.25. The molecule has 0 amide bonds. The molecule has 2 N–H and O–H groups in total. The number of rotatable bonds is 4. The molecular weight excluding hydrogens is 402 g/mol. The van der Waals surface area contributed by atoms with Crippen molar-refractivity contribution in [3.8, 4) is 11.6 Å². The number of anilines is 1. The van der Waals surface area contributed by atoms with E-state index in [2.05, 4.69) is 57.1 Å². The predicted molar refractivity (Wildman–Crippen MR) is 87.8 cm³/mol. The Morgan fingerprint density at radius 3 is 2.90 bits per heavy atom. The van der Waals surface area contributed by atoms with Crippen LogP contribution in [0, 0.1) is 0 Å². The first-order valence-corrected chi connectivity index (χ1v) is 7.84. The smallest absolute Gasteiger partial charge is 0.250 e. The van der Waals surface area contributed by atoms with Gasteiger partial charge in [-0.05, 0) is 41.1 Å². The zero-order valence-electron chi connectivity index (χ0n) is 11.0. The van der Waals surface area contributed by atoms with Gasteiger partial charge in [0.25, 0.3) is 5.88 Å². The van der Waals surface area contributed by atoms with Gasteiger partial charge in [-0.1, -0.05) is 15.9 Å². The third-order valence-electron chi connectivity index (χ3n) is 2.69.